The Balaban J connectivity index is 0.875. The van der Waals surface area contributed by atoms with Crippen molar-refractivity contribution in [2.75, 3.05) is 4.90 Å². The summed E-state index contributed by atoms with van der Waals surface area (Å²) in [7, 11) is 0. The zero-order chi connectivity index (χ0) is 53.2. The Kier molecular flexibility index (Phi) is 10.2. The van der Waals surface area contributed by atoms with Crippen LogP contribution in [0.1, 0.15) is 53.0 Å². The molecule has 1 aromatic heterocycles. The summed E-state index contributed by atoms with van der Waals surface area (Å²) in [4.78, 5) is 2.52. The zero-order valence-electron chi connectivity index (χ0n) is 44.7. The summed E-state index contributed by atoms with van der Waals surface area (Å²) in [6.07, 6.45) is 12.9. The van der Waals surface area contributed by atoms with Gasteiger partial charge < -0.3 is 9.47 Å². The third-order valence-corrected chi connectivity index (χ3v) is 18.5. The second-order valence-electron chi connectivity index (χ2n) is 22.5. The summed E-state index contributed by atoms with van der Waals surface area (Å²) in [6, 6.07) is 97.7. The van der Waals surface area contributed by atoms with Crippen molar-refractivity contribution >= 4 is 82.3 Å². The van der Waals surface area contributed by atoms with Crippen LogP contribution in [0.3, 0.4) is 0 Å². The van der Waals surface area contributed by atoms with E-state index in [4.69, 9.17) is 0 Å². The second kappa shape index (κ2) is 18.0. The van der Waals surface area contributed by atoms with Gasteiger partial charge in [-0.3, -0.25) is 0 Å². The van der Waals surface area contributed by atoms with Gasteiger partial charge in [-0.2, -0.15) is 0 Å². The van der Waals surface area contributed by atoms with Crippen molar-refractivity contribution in [3.63, 3.8) is 0 Å². The maximum Gasteiger partial charge on any atom is 0.0652 e. The predicted octanol–water partition coefficient (Wildman–Crippen LogP) is 21.0. The van der Waals surface area contributed by atoms with E-state index in [-0.39, 0.29) is 5.92 Å². The average Bonchev–Trinajstić information content (AvgIpc) is 2.95. The van der Waals surface area contributed by atoms with Gasteiger partial charge in [0.15, 0.2) is 0 Å². The molecule has 13 aromatic rings. The molecule has 2 nitrogen and oxygen atoms in total. The van der Waals surface area contributed by atoms with Crippen LogP contribution in [0.15, 0.2) is 296 Å². The molecular formula is C79H54N2. The summed E-state index contributed by atoms with van der Waals surface area (Å²) in [5, 5.41) is 10.2. The molecule has 0 saturated heterocycles. The maximum absolute atomic E-state index is 2.59. The van der Waals surface area contributed by atoms with Crippen LogP contribution in [0, 0.1) is 0 Å². The first-order valence-corrected chi connectivity index (χ1v) is 28.7. The number of fused-ring (bicyclic) bond motifs is 14. The van der Waals surface area contributed by atoms with Crippen molar-refractivity contribution in [2.24, 2.45) is 0 Å². The normalized spacial score (nSPS) is 17.0. The molecule has 0 aliphatic heterocycles. The van der Waals surface area contributed by atoms with Gasteiger partial charge >= 0.3 is 0 Å². The van der Waals surface area contributed by atoms with Crippen molar-refractivity contribution in [1.29, 1.82) is 0 Å². The van der Waals surface area contributed by atoms with Gasteiger partial charge in [-0.15, -0.1) is 0 Å². The van der Waals surface area contributed by atoms with Crippen LogP contribution >= 0.6 is 0 Å². The Morgan fingerprint density at radius 2 is 0.988 bits per heavy atom. The predicted molar refractivity (Wildman–Crippen MR) is 341 cm³/mol. The van der Waals surface area contributed by atoms with E-state index in [9.17, 15) is 0 Å². The number of anilines is 3. The molecule has 1 spiro atoms. The molecular weight excluding hydrogens is 977 g/mol. The van der Waals surface area contributed by atoms with Gasteiger partial charge in [0.2, 0.25) is 0 Å². The van der Waals surface area contributed by atoms with Crippen LogP contribution in [0.2, 0.25) is 0 Å². The number of hydrogen-bond donors (Lipinski definition) is 0. The van der Waals surface area contributed by atoms with Crippen LogP contribution in [0.25, 0.3) is 93.2 Å². The van der Waals surface area contributed by atoms with Gasteiger partial charge in [0, 0.05) is 39.4 Å². The molecule has 2 unspecified atom stereocenters. The van der Waals surface area contributed by atoms with E-state index in [1.54, 1.807) is 5.57 Å². The third-order valence-electron chi connectivity index (χ3n) is 18.5. The van der Waals surface area contributed by atoms with Gasteiger partial charge in [0.25, 0.3) is 0 Å². The highest BCUT2D eigenvalue weighted by molar-refractivity contribution is 6.16. The largest absolute Gasteiger partial charge is 0.310 e. The summed E-state index contributed by atoms with van der Waals surface area (Å²) in [6.45, 7) is 0. The fourth-order valence-corrected chi connectivity index (χ4v) is 15.2. The van der Waals surface area contributed by atoms with E-state index in [1.165, 1.54) is 121 Å². The Morgan fingerprint density at radius 1 is 0.395 bits per heavy atom. The van der Waals surface area contributed by atoms with E-state index < -0.39 is 5.41 Å². The van der Waals surface area contributed by atoms with E-state index in [2.05, 4.69) is 295 Å². The van der Waals surface area contributed by atoms with Gasteiger partial charge in [-0.05, 0) is 185 Å². The Bertz CT molecular complexity index is 4830. The molecule has 2 atom stereocenters. The lowest BCUT2D eigenvalue weighted by Crippen LogP contribution is -2.30. The SMILES string of the molecule is C1=CC2=C(CC1)C1(C3=C(C=CC(c4c5ccccc5c(-c5ccccc5)c5ccccc45)C3)c3ccc(N(c4ccc(-c5cccc6ccccc56)cc4)c4ccc5c(c4)c4ccccc4n5-c4ccccc4)cc31)c1ccccc12. The minimum atomic E-state index is -0.451. The number of nitrogens with zero attached hydrogens (tertiary/aromatic N) is 2. The first-order valence-electron chi connectivity index (χ1n) is 28.7. The van der Waals surface area contributed by atoms with Crippen LogP contribution in [-0.4, -0.2) is 4.57 Å². The molecule has 2 heteroatoms. The first-order chi connectivity index (χ1) is 40.2. The van der Waals surface area contributed by atoms with Gasteiger partial charge in [0.1, 0.15) is 0 Å². The molecule has 0 radical (unpaired) electrons. The average molecular weight is 1030 g/mol. The van der Waals surface area contributed by atoms with E-state index >= 15 is 0 Å². The minimum absolute atomic E-state index is 0.145. The van der Waals surface area contributed by atoms with E-state index in [1.807, 2.05) is 0 Å². The van der Waals surface area contributed by atoms with Crippen LogP contribution in [0.4, 0.5) is 17.1 Å². The first kappa shape index (κ1) is 45.9. The van der Waals surface area contributed by atoms with Crippen LogP contribution in [-0.2, 0) is 5.41 Å². The molecule has 0 amide bonds. The lowest BCUT2D eigenvalue weighted by Gasteiger charge is -2.38. The number of hydrogen-bond acceptors (Lipinski definition) is 1. The van der Waals surface area contributed by atoms with E-state index in [0.29, 0.717) is 0 Å². The Morgan fingerprint density at radius 3 is 1.79 bits per heavy atom. The number of allylic oxidation sites excluding steroid dienone is 8. The summed E-state index contributed by atoms with van der Waals surface area (Å²) in [5.74, 6) is 0.145. The molecule has 0 N–H and O–H groups in total. The molecule has 81 heavy (non-hydrogen) atoms. The van der Waals surface area contributed by atoms with Gasteiger partial charge in [-0.1, -0.05) is 224 Å². The van der Waals surface area contributed by atoms with Crippen molar-refractivity contribution in [2.45, 2.75) is 30.6 Å². The number of benzene rings is 12. The highest BCUT2D eigenvalue weighted by Crippen LogP contribution is 2.66. The van der Waals surface area contributed by atoms with Crippen molar-refractivity contribution in [3.8, 4) is 27.9 Å². The fraction of sp³-hybridized carbons (Fsp3) is 0.0633. The smallest absolute Gasteiger partial charge is 0.0652 e. The van der Waals surface area contributed by atoms with Crippen molar-refractivity contribution < 1.29 is 0 Å². The molecule has 4 aliphatic rings. The second-order valence-corrected chi connectivity index (χ2v) is 22.5. The summed E-state index contributed by atoms with van der Waals surface area (Å²) >= 11 is 0. The molecule has 380 valence electrons. The molecule has 0 fully saturated rings. The topological polar surface area (TPSA) is 8.17 Å². The molecule has 0 saturated carbocycles. The summed E-state index contributed by atoms with van der Waals surface area (Å²) in [5.41, 5.74) is 24.2. The Hall–Kier alpha value is -10.0. The molecule has 17 rings (SSSR count). The highest BCUT2D eigenvalue weighted by Gasteiger charge is 2.54. The number of aromatic nitrogens is 1. The zero-order valence-corrected chi connectivity index (χ0v) is 44.7. The van der Waals surface area contributed by atoms with Crippen molar-refractivity contribution in [1.82, 2.24) is 4.57 Å². The van der Waals surface area contributed by atoms with Crippen LogP contribution < -0.4 is 4.90 Å². The highest BCUT2D eigenvalue weighted by atomic mass is 15.1. The lowest BCUT2D eigenvalue weighted by atomic mass is 9.64. The monoisotopic (exact) mass is 1030 g/mol. The van der Waals surface area contributed by atoms with Gasteiger partial charge in [-0.25, -0.2) is 0 Å². The van der Waals surface area contributed by atoms with E-state index in [0.717, 1.165) is 42.0 Å². The van der Waals surface area contributed by atoms with Crippen molar-refractivity contribution in [3.05, 3.63) is 324 Å². The molecule has 4 aliphatic carbocycles. The maximum atomic E-state index is 2.59. The van der Waals surface area contributed by atoms with Crippen LogP contribution in [0.5, 0.6) is 0 Å². The fourth-order valence-electron chi connectivity index (χ4n) is 15.2. The lowest BCUT2D eigenvalue weighted by molar-refractivity contribution is 0.642. The quantitative estimate of drug-likeness (QED) is 0.144. The summed E-state index contributed by atoms with van der Waals surface area (Å²) < 4.78 is 2.42. The molecule has 0 bridgehead atoms. The molecule has 1 heterocycles. The number of para-hydroxylation sites is 2. The third kappa shape index (κ3) is 6.74. The Labute approximate surface area is 471 Å². The molecule has 12 aromatic carbocycles. The van der Waals surface area contributed by atoms with Gasteiger partial charge in [0.05, 0.1) is 16.4 Å². The number of rotatable bonds is 7. The minimum Gasteiger partial charge on any atom is -0.310 e. The standard InChI is InChI=1S/C79H54N2/c1-3-21-53(22-4-1)77-66-30-9-11-32-68(66)78(69-33-12-10-31-67(69)77)54-40-45-63-64-46-43-58(50-74(64)79(73(63)48-54)71-35-16-13-27-61(71)62-28-14-17-36-72(62)79)80(56-41-38-52(39-42-56)60-34-19-23-51-20-7-8-26-59(51)60)57-44-47-76-70(49-57)65-29-15-18-37-75(65)81(76)55-24-5-2-6-25-55/h1-16,18-35,37-47,49-50,54H,17,36,48H2.